The molecule has 0 bridgehead atoms. The Kier molecular flexibility index (Phi) is 4.44. The zero-order chi connectivity index (χ0) is 15.5. The number of carbonyl (C=O) groups is 1. The lowest BCUT2D eigenvalue weighted by Crippen LogP contribution is -2.52. The molecule has 0 spiro atoms. The maximum Gasteiger partial charge on any atom is 0.321 e. The molecule has 3 rings (SSSR count). The van der Waals surface area contributed by atoms with E-state index in [4.69, 9.17) is 9.84 Å². The maximum atomic E-state index is 12.1. The summed E-state index contributed by atoms with van der Waals surface area (Å²) in [5.41, 5.74) is 1.53. The van der Waals surface area contributed by atoms with Crippen molar-refractivity contribution < 1.29 is 14.6 Å². The molecule has 7 heteroatoms. The van der Waals surface area contributed by atoms with Crippen LogP contribution < -0.4 is 10.2 Å². The van der Waals surface area contributed by atoms with Crippen LogP contribution in [0.5, 0.6) is 0 Å². The molecule has 1 aromatic rings. The van der Waals surface area contributed by atoms with Crippen molar-refractivity contribution in [2.45, 2.75) is 6.92 Å². The molecule has 0 saturated carbocycles. The molecule has 120 valence electrons. The highest BCUT2D eigenvalue weighted by atomic mass is 16.5. The first-order valence-corrected chi connectivity index (χ1v) is 7.64. The van der Waals surface area contributed by atoms with Crippen molar-refractivity contribution in [1.29, 1.82) is 0 Å². The number of likely N-dealkylation sites (tertiary alicyclic amines) is 1. The Morgan fingerprint density at radius 3 is 2.77 bits per heavy atom. The van der Waals surface area contributed by atoms with Gasteiger partial charge < -0.3 is 25.0 Å². The van der Waals surface area contributed by atoms with E-state index in [-0.39, 0.29) is 18.6 Å². The van der Waals surface area contributed by atoms with Crippen LogP contribution in [0.2, 0.25) is 0 Å². The van der Waals surface area contributed by atoms with Crippen molar-refractivity contribution in [2.75, 3.05) is 56.2 Å². The number of pyridine rings is 1. The summed E-state index contributed by atoms with van der Waals surface area (Å²) in [6.07, 6.45) is 0. The van der Waals surface area contributed by atoms with E-state index in [1.165, 1.54) is 0 Å². The van der Waals surface area contributed by atoms with Crippen LogP contribution in [0.15, 0.2) is 12.1 Å². The number of morpholine rings is 1. The number of aliphatic hydroxyl groups excluding tert-OH is 1. The number of urea groups is 1. The lowest BCUT2D eigenvalue weighted by molar-refractivity contribution is 0.0838. The summed E-state index contributed by atoms with van der Waals surface area (Å²) < 4.78 is 5.34. The predicted molar refractivity (Wildman–Crippen MR) is 83.2 cm³/mol. The van der Waals surface area contributed by atoms with Crippen LogP contribution in [0.3, 0.4) is 0 Å². The zero-order valence-electron chi connectivity index (χ0n) is 12.8. The van der Waals surface area contributed by atoms with Crippen molar-refractivity contribution in [1.82, 2.24) is 9.88 Å². The van der Waals surface area contributed by atoms with E-state index >= 15 is 0 Å². The zero-order valence-corrected chi connectivity index (χ0v) is 12.8. The SMILES string of the molecule is Cc1nc(N2CCOCC2)ccc1NC(=O)N1CC(CO)C1. The Morgan fingerprint density at radius 1 is 1.41 bits per heavy atom. The van der Waals surface area contributed by atoms with Crippen LogP contribution in [0.25, 0.3) is 0 Å². The highest BCUT2D eigenvalue weighted by Crippen LogP contribution is 2.21. The van der Waals surface area contributed by atoms with E-state index in [9.17, 15) is 4.79 Å². The predicted octanol–water partition coefficient (Wildman–Crippen LogP) is 0.683. The number of amides is 2. The van der Waals surface area contributed by atoms with Crippen LogP contribution >= 0.6 is 0 Å². The number of aromatic nitrogens is 1. The van der Waals surface area contributed by atoms with Gasteiger partial charge in [0.2, 0.25) is 0 Å². The second-order valence-electron chi connectivity index (χ2n) is 5.79. The number of hydrogen-bond donors (Lipinski definition) is 2. The first-order valence-electron chi connectivity index (χ1n) is 7.64. The molecule has 0 unspecified atom stereocenters. The van der Waals surface area contributed by atoms with Gasteiger partial charge in [0.15, 0.2) is 0 Å². The van der Waals surface area contributed by atoms with Crippen LogP contribution in [-0.4, -0.2) is 67.0 Å². The van der Waals surface area contributed by atoms with Crippen LogP contribution in [-0.2, 0) is 4.74 Å². The first-order chi connectivity index (χ1) is 10.7. The summed E-state index contributed by atoms with van der Waals surface area (Å²) in [6, 6.07) is 3.70. The maximum absolute atomic E-state index is 12.1. The van der Waals surface area contributed by atoms with E-state index in [1.54, 1.807) is 4.90 Å². The topological polar surface area (TPSA) is 77.9 Å². The quantitative estimate of drug-likeness (QED) is 0.859. The summed E-state index contributed by atoms with van der Waals surface area (Å²) >= 11 is 0. The third-order valence-electron chi connectivity index (χ3n) is 4.15. The number of aryl methyl sites for hydroxylation is 1. The van der Waals surface area contributed by atoms with Gasteiger partial charge in [-0.3, -0.25) is 0 Å². The fraction of sp³-hybridized carbons (Fsp3) is 0.600. The molecule has 0 aromatic carbocycles. The minimum absolute atomic E-state index is 0.131. The van der Waals surface area contributed by atoms with E-state index in [1.807, 2.05) is 19.1 Å². The van der Waals surface area contributed by atoms with Gasteiger partial charge in [-0.05, 0) is 19.1 Å². The molecule has 0 radical (unpaired) electrons. The van der Waals surface area contributed by atoms with Gasteiger partial charge in [-0.25, -0.2) is 9.78 Å². The van der Waals surface area contributed by atoms with E-state index in [0.29, 0.717) is 13.1 Å². The number of anilines is 2. The fourth-order valence-electron chi connectivity index (χ4n) is 2.69. The summed E-state index contributed by atoms with van der Waals surface area (Å²) in [4.78, 5) is 20.5. The lowest BCUT2D eigenvalue weighted by Gasteiger charge is -2.38. The molecule has 2 fully saturated rings. The average molecular weight is 306 g/mol. The van der Waals surface area contributed by atoms with Crippen molar-refractivity contribution in [2.24, 2.45) is 5.92 Å². The molecule has 2 amide bonds. The Balaban J connectivity index is 1.61. The van der Waals surface area contributed by atoms with Crippen molar-refractivity contribution >= 4 is 17.5 Å². The van der Waals surface area contributed by atoms with E-state index in [2.05, 4.69) is 15.2 Å². The number of nitrogens with one attached hydrogen (secondary N) is 1. The Hall–Kier alpha value is -1.86. The number of ether oxygens (including phenoxy) is 1. The van der Waals surface area contributed by atoms with Crippen molar-refractivity contribution in [3.05, 3.63) is 17.8 Å². The molecule has 22 heavy (non-hydrogen) atoms. The highest BCUT2D eigenvalue weighted by molar-refractivity contribution is 5.90. The third kappa shape index (κ3) is 3.15. The number of carbonyl (C=O) groups excluding carboxylic acids is 1. The molecular formula is C15H22N4O3. The summed E-state index contributed by atoms with van der Waals surface area (Å²) in [5, 5.41) is 11.9. The lowest BCUT2D eigenvalue weighted by atomic mass is 10.0. The minimum Gasteiger partial charge on any atom is -0.396 e. The standard InChI is InChI=1S/C15H22N4O3/c1-11-13(17-15(21)19-8-12(9-19)10-20)2-3-14(16-11)18-4-6-22-7-5-18/h2-3,12,20H,4-10H2,1H3,(H,17,21). The Labute approximate surface area is 129 Å². The van der Waals surface area contributed by atoms with Gasteiger partial charge in [-0.1, -0.05) is 0 Å². The first kappa shape index (κ1) is 15.1. The van der Waals surface area contributed by atoms with Crippen LogP contribution in [0.1, 0.15) is 5.69 Å². The second kappa shape index (κ2) is 6.50. The number of hydrogen-bond acceptors (Lipinski definition) is 5. The smallest absolute Gasteiger partial charge is 0.321 e. The molecule has 0 aliphatic carbocycles. The molecule has 2 N–H and O–H groups in total. The summed E-state index contributed by atoms with van der Waals surface area (Å²) in [7, 11) is 0. The van der Waals surface area contributed by atoms with Gasteiger partial charge in [0.05, 0.1) is 24.6 Å². The van der Waals surface area contributed by atoms with Gasteiger partial charge in [-0.15, -0.1) is 0 Å². The van der Waals surface area contributed by atoms with Gasteiger partial charge in [-0.2, -0.15) is 0 Å². The molecule has 7 nitrogen and oxygen atoms in total. The fourth-order valence-corrected chi connectivity index (χ4v) is 2.69. The monoisotopic (exact) mass is 306 g/mol. The minimum atomic E-state index is -0.131. The second-order valence-corrected chi connectivity index (χ2v) is 5.79. The third-order valence-corrected chi connectivity index (χ3v) is 4.15. The van der Waals surface area contributed by atoms with Crippen LogP contribution in [0.4, 0.5) is 16.3 Å². The summed E-state index contributed by atoms with van der Waals surface area (Å²) in [6.45, 7) is 6.38. The molecule has 2 aliphatic rings. The highest BCUT2D eigenvalue weighted by Gasteiger charge is 2.30. The summed E-state index contributed by atoms with van der Waals surface area (Å²) in [5.74, 6) is 1.14. The Morgan fingerprint density at radius 2 is 2.14 bits per heavy atom. The van der Waals surface area contributed by atoms with Gasteiger partial charge >= 0.3 is 6.03 Å². The normalized spacial score (nSPS) is 19.0. The molecule has 0 atom stereocenters. The van der Waals surface area contributed by atoms with Crippen molar-refractivity contribution in [3.63, 3.8) is 0 Å². The average Bonchev–Trinajstić information content (AvgIpc) is 2.49. The van der Waals surface area contributed by atoms with Crippen molar-refractivity contribution in [3.8, 4) is 0 Å². The van der Waals surface area contributed by atoms with E-state index in [0.717, 1.165) is 43.5 Å². The van der Waals surface area contributed by atoms with Crippen LogP contribution in [0, 0.1) is 12.8 Å². The van der Waals surface area contributed by atoms with Gasteiger partial charge in [0, 0.05) is 38.7 Å². The number of aliphatic hydroxyl groups is 1. The van der Waals surface area contributed by atoms with Gasteiger partial charge in [0.25, 0.3) is 0 Å². The molecule has 3 heterocycles. The molecular weight excluding hydrogens is 284 g/mol. The largest absolute Gasteiger partial charge is 0.396 e. The number of rotatable bonds is 3. The Bertz CT molecular complexity index is 540. The van der Waals surface area contributed by atoms with E-state index < -0.39 is 0 Å². The van der Waals surface area contributed by atoms with Gasteiger partial charge in [0.1, 0.15) is 5.82 Å². The molecule has 1 aromatic heterocycles. The molecule has 2 aliphatic heterocycles. The number of nitrogens with zero attached hydrogens (tertiary/aromatic N) is 3. The molecule has 2 saturated heterocycles.